The lowest BCUT2D eigenvalue weighted by molar-refractivity contribution is 0.0707. The highest BCUT2D eigenvalue weighted by molar-refractivity contribution is 5.92. The molecule has 0 aliphatic carbocycles. The molecule has 0 unspecified atom stereocenters. The summed E-state index contributed by atoms with van der Waals surface area (Å²) in [6.07, 6.45) is -0.793. The van der Waals surface area contributed by atoms with Gasteiger partial charge >= 0.3 is 5.69 Å². The molecular weight excluding hydrogens is 320 g/mol. The molecule has 0 radical (unpaired) electrons. The van der Waals surface area contributed by atoms with Crippen molar-refractivity contribution >= 4 is 5.91 Å². The summed E-state index contributed by atoms with van der Waals surface area (Å²) >= 11 is 0. The predicted octanol–water partition coefficient (Wildman–Crippen LogP) is 1.30. The van der Waals surface area contributed by atoms with E-state index in [4.69, 9.17) is 0 Å². The minimum Gasteiger partial charge on any atom is -0.391 e. The third-order valence-electron chi connectivity index (χ3n) is 3.96. The van der Waals surface area contributed by atoms with Gasteiger partial charge in [-0.3, -0.25) is 4.79 Å². The van der Waals surface area contributed by atoms with E-state index in [-0.39, 0.29) is 24.2 Å². The maximum absolute atomic E-state index is 14.1. The Morgan fingerprint density at radius 2 is 2.12 bits per heavy atom. The topological polar surface area (TPSA) is 86.3 Å². The van der Waals surface area contributed by atoms with Crippen molar-refractivity contribution in [1.29, 1.82) is 0 Å². The van der Waals surface area contributed by atoms with Crippen molar-refractivity contribution in [3.8, 4) is 0 Å². The minimum absolute atomic E-state index is 0.0125. The summed E-state index contributed by atoms with van der Waals surface area (Å²) in [4.78, 5) is 31.4. The highest BCUT2D eigenvalue weighted by Crippen LogP contribution is 2.34. The number of halogens is 2. The Kier molecular flexibility index (Phi) is 4.15. The van der Waals surface area contributed by atoms with Crippen LogP contribution in [0.3, 0.4) is 0 Å². The number of aromatic amines is 1. The zero-order chi connectivity index (χ0) is 17.4. The Morgan fingerprint density at radius 1 is 1.38 bits per heavy atom. The Bertz CT molecular complexity index is 853. The number of hydrogen-bond donors (Lipinski definition) is 2. The molecule has 1 aromatic carbocycles. The lowest BCUT2D eigenvalue weighted by atomic mass is 10.0. The molecule has 24 heavy (non-hydrogen) atoms. The van der Waals surface area contributed by atoms with Crippen LogP contribution >= 0.6 is 0 Å². The standard InChI is InChI=1S/C16H15F2N3O3/c1-8-4-13(20-16(24)19-8)15(23)21-7-10(22)6-14(21)11-5-9(17)2-3-12(11)18/h2-5,10,14,22H,6-7H2,1H3,(H,19,20,24)/t10-,14+/m1/s1. The van der Waals surface area contributed by atoms with Crippen molar-refractivity contribution in [3.05, 3.63) is 63.3 Å². The molecule has 1 amide bonds. The molecule has 2 N–H and O–H groups in total. The molecule has 8 heteroatoms. The smallest absolute Gasteiger partial charge is 0.345 e. The van der Waals surface area contributed by atoms with E-state index in [0.717, 1.165) is 18.2 Å². The average molecular weight is 335 g/mol. The van der Waals surface area contributed by atoms with Gasteiger partial charge in [-0.2, -0.15) is 4.98 Å². The first kappa shape index (κ1) is 16.3. The van der Waals surface area contributed by atoms with Crippen LogP contribution in [-0.2, 0) is 0 Å². The number of rotatable bonds is 2. The minimum atomic E-state index is -0.871. The Hall–Kier alpha value is -2.61. The van der Waals surface area contributed by atoms with Crippen LogP contribution < -0.4 is 5.69 Å². The van der Waals surface area contributed by atoms with Crippen molar-refractivity contribution in [2.24, 2.45) is 0 Å². The number of nitrogens with one attached hydrogen (secondary N) is 1. The van der Waals surface area contributed by atoms with Gasteiger partial charge < -0.3 is 15.0 Å². The normalized spacial score (nSPS) is 20.4. The van der Waals surface area contributed by atoms with Gasteiger partial charge in [0, 0.05) is 17.8 Å². The first-order valence-electron chi connectivity index (χ1n) is 7.37. The Labute approximate surface area is 135 Å². The largest absolute Gasteiger partial charge is 0.391 e. The number of β-amino-alcohol motifs (C(OH)–C–C–N with tert-alkyl or cyclic N) is 1. The van der Waals surface area contributed by atoms with Crippen LogP contribution in [-0.4, -0.2) is 38.5 Å². The molecule has 3 rings (SSSR count). The number of nitrogens with zero attached hydrogens (tertiary/aromatic N) is 2. The van der Waals surface area contributed by atoms with Crippen LogP contribution in [0.1, 0.15) is 34.2 Å². The Balaban J connectivity index is 2.00. The second kappa shape index (κ2) is 6.12. The number of aromatic nitrogens is 2. The number of hydrogen-bond acceptors (Lipinski definition) is 4. The lowest BCUT2D eigenvalue weighted by Crippen LogP contribution is -2.34. The molecule has 1 aromatic heterocycles. The Morgan fingerprint density at radius 3 is 2.83 bits per heavy atom. The molecule has 1 aliphatic heterocycles. The number of aliphatic hydroxyl groups is 1. The fourth-order valence-electron chi connectivity index (χ4n) is 2.94. The summed E-state index contributed by atoms with van der Waals surface area (Å²) in [5.74, 6) is -1.91. The summed E-state index contributed by atoms with van der Waals surface area (Å²) in [6.45, 7) is 1.55. The van der Waals surface area contributed by atoms with Gasteiger partial charge in [0.2, 0.25) is 0 Å². The van der Waals surface area contributed by atoms with Crippen LogP contribution in [0.2, 0.25) is 0 Å². The van der Waals surface area contributed by atoms with Gasteiger partial charge in [-0.15, -0.1) is 0 Å². The molecule has 126 valence electrons. The van der Waals surface area contributed by atoms with Gasteiger partial charge in [-0.25, -0.2) is 13.6 Å². The summed E-state index contributed by atoms with van der Waals surface area (Å²) < 4.78 is 27.5. The summed E-state index contributed by atoms with van der Waals surface area (Å²) in [5.41, 5.74) is -0.341. The quantitative estimate of drug-likeness (QED) is 0.866. The zero-order valence-electron chi connectivity index (χ0n) is 12.8. The van der Waals surface area contributed by atoms with E-state index in [9.17, 15) is 23.5 Å². The van der Waals surface area contributed by atoms with Gasteiger partial charge in [0.1, 0.15) is 17.3 Å². The van der Waals surface area contributed by atoms with Crippen LogP contribution in [0.15, 0.2) is 29.1 Å². The highest BCUT2D eigenvalue weighted by Gasteiger charge is 2.37. The van der Waals surface area contributed by atoms with Crippen LogP contribution in [0.5, 0.6) is 0 Å². The number of aliphatic hydroxyl groups excluding tert-OH is 1. The van der Waals surface area contributed by atoms with Crippen LogP contribution in [0, 0.1) is 18.6 Å². The molecule has 1 saturated heterocycles. The van der Waals surface area contributed by atoms with E-state index in [2.05, 4.69) is 9.97 Å². The molecule has 0 spiro atoms. The molecule has 2 atom stereocenters. The van der Waals surface area contributed by atoms with Crippen molar-refractivity contribution in [2.45, 2.75) is 25.5 Å². The van der Waals surface area contributed by atoms with E-state index in [0.29, 0.717) is 5.69 Å². The maximum atomic E-state index is 14.1. The van der Waals surface area contributed by atoms with E-state index in [1.54, 1.807) is 6.92 Å². The number of amides is 1. The van der Waals surface area contributed by atoms with Gasteiger partial charge in [-0.05, 0) is 37.6 Å². The zero-order valence-corrected chi connectivity index (χ0v) is 12.8. The summed E-state index contributed by atoms with van der Waals surface area (Å²) in [6, 6.07) is 3.54. The molecule has 1 fully saturated rings. The van der Waals surface area contributed by atoms with Crippen molar-refractivity contribution in [1.82, 2.24) is 14.9 Å². The molecule has 2 aromatic rings. The number of likely N-dealkylation sites (tertiary alicyclic amines) is 1. The third-order valence-corrected chi connectivity index (χ3v) is 3.96. The van der Waals surface area contributed by atoms with Crippen LogP contribution in [0.25, 0.3) is 0 Å². The molecular formula is C16H15F2N3O3. The lowest BCUT2D eigenvalue weighted by Gasteiger charge is -2.24. The van der Waals surface area contributed by atoms with E-state index < -0.39 is 35.4 Å². The fraction of sp³-hybridized carbons (Fsp3) is 0.312. The second-order valence-electron chi connectivity index (χ2n) is 5.78. The molecule has 1 aliphatic rings. The van der Waals surface area contributed by atoms with Gasteiger partial charge in [0.15, 0.2) is 0 Å². The third kappa shape index (κ3) is 3.05. The SMILES string of the molecule is Cc1cc(C(=O)N2C[C@H](O)C[C@H]2c2cc(F)ccc2F)nc(=O)[nH]1. The highest BCUT2D eigenvalue weighted by atomic mass is 19.1. The van der Waals surface area contributed by atoms with E-state index in [1.807, 2.05) is 0 Å². The second-order valence-corrected chi connectivity index (χ2v) is 5.78. The van der Waals surface area contributed by atoms with Crippen molar-refractivity contribution < 1.29 is 18.7 Å². The monoisotopic (exact) mass is 335 g/mol. The number of carbonyl (C=O) groups is 1. The molecule has 0 saturated carbocycles. The summed E-state index contributed by atoms with van der Waals surface area (Å²) in [5, 5.41) is 9.90. The van der Waals surface area contributed by atoms with Gasteiger partial charge in [0.25, 0.3) is 5.91 Å². The summed E-state index contributed by atoms with van der Waals surface area (Å²) in [7, 11) is 0. The van der Waals surface area contributed by atoms with Crippen LogP contribution in [0.4, 0.5) is 8.78 Å². The van der Waals surface area contributed by atoms with Gasteiger partial charge in [-0.1, -0.05) is 0 Å². The number of aryl methyl sites for hydroxylation is 1. The molecule has 2 heterocycles. The molecule has 6 nitrogen and oxygen atoms in total. The average Bonchev–Trinajstić information content (AvgIpc) is 2.89. The predicted molar refractivity (Wildman–Crippen MR) is 80.4 cm³/mol. The van der Waals surface area contributed by atoms with Crippen molar-refractivity contribution in [3.63, 3.8) is 0 Å². The first-order chi connectivity index (χ1) is 11.3. The molecule has 0 bridgehead atoms. The fourth-order valence-corrected chi connectivity index (χ4v) is 2.94. The van der Waals surface area contributed by atoms with E-state index in [1.165, 1.54) is 11.0 Å². The van der Waals surface area contributed by atoms with E-state index >= 15 is 0 Å². The number of H-pyrrole nitrogens is 1. The number of benzene rings is 1. The van der Waals surface area contributed by atoms with Gasteiger partial charge in [0.05, 0.1) is 12.1 Å². The first-order valence-corrected chi connectivity index (χ1v) is 7.37. The maximum Gasteiger partial charge on any atom is 0.345 e. The van der Waals surface area contributed by atoms with Crippen molar-refractivity contribution in [2.75, 3.05) is 6.54 Å². The number of carbonyl (C=O) groups excluding carboxylic acids is 1.